The molecule has 3 N–H and O–H groups in total. The molecule has 1 aromatic rings. The summed E-state index contributed by atoms with van der Waals surface area (Å²) in [6.45, 7) is 3.09. The van der Waals surface area contributed by atoms with Gasteiger partial charge >= 0.3 is 12.0 Å². The lowest BCUT2D eigenvalue weighted by molar-refractivity contribution is -0.141. The Morgan fingerprint density at radius 3 is 2.60 bits per heavy atom. The minimum atomic E-state index is -0.998. The summed E-state index contributed by atoms with van der Waals surface area (Å²) < 4.78 is 0. The van der Waals surface area contributed by atoms with Gasteiger partial charge in [-0.25, -0.2) is 4.79 Å². The van der Waals surface area contributed by atoms with Crippen LogP contribution in [-0.2, 0) is 4.79 Å². The predicted octanol–water partition coefficient (Wildman–Crippen LogP) is 2.44. The number of rotatable bonds is 4. The molecule has 0 heterocycles. The highest BCUT2D eigenvalue weighted by Crippen LogP contribution is 2.22. The zero-order chi connectivity index (χ0) is 15.3. The summed E-state index contributed by atoms with van der Waals surface area (Å²) in [7, 11) is 0. The number of carboxylic acid groups (broad SMARTS) is 1. The van der Waals surface area contributed by atoms with Crippen LogP contribution in [-0.4, -0.2) is 23.1 Å². The molecule has 106 valence electrons. The third kappa shape index (κ3) is 4.14. The van der Waals surface area contributed by atoms with E-state index in [1.165, 1.54) is 25.1 Å². The van der Waals surface area contributed by atoms with Crippen molar-refractivity contribution in [1.29, 1.82) is 5.26 Å². The molecule has 0 bridgehead atoms. The molecule has 1 rings (SSSR count). The largest absolute Gasteiger partial charge is 0.481 e. The van der Waals surface area contributed by atoms with Gasteiger partial charge in [0.1, 0.15) is 0 Å². The number of nitrogens with zero attached hydrogens (tertiary/aromatic N) is 1. The van der Waals surface area contributed by atoms with Crippen LogP contribution in [0, 0.1) is 17.2 Å². The molecule has 0 spiro atoms. The molecule has 2 amide bonds. The SMILES string of the molecule is CC(NC(=O)Nc1cc(C#N)ccc1Cl)C(C)C(=O)O. The average molecular weight is 296 g/mol. The van der Waals surface area contributed by atoms with Crippen LogP contribution < -0.4 is 10.6 Å². The molecule has 0 fully saturated rings. The Kier molecular flexibility index (Phi) is 5.35. The van der Waals surface area contributed by atoms with Gasteiger partial charge in [0.05, 0.1) is 28.3 Å². The molecule has 0 radical (unpaired) electrons. The van der Waals surface area contributed by atoms with E-state index in [1.54, 1.807) is 6.92 Å². The number of amides is 2. The number of nitriles is 1. The Bertz CT molecular complexity index is 568. The average Bonchev–Trinajstić information content (AvgIpc) is 2.40. The molecule has 0 aliphatic rings. The number of anilines is 1. The molecule has 7 heteroatoms. The zero-order valence-corrected chi connectivity index (χ0v) is 11.7. The summed E-state index contributed by atoms with van der Waals surface area (Å²) in [5, 5.41) is 22.9. The number of nitrogens with one attached hydrogen (secondary N) is 2. The van der Waals surface area contributed by atoms with Gasteiger partial charge in [-0.1, -0.05) is 11.6 Å². The monoisotopic (exact) mass is 295 g/mol. The van der Waals surface area contributed by atoms with Crippen molar-refractivity contribution in [3.63, 3.8) is 0 Å². The van der Waals surface area contributed by atoms with Gasteiger partial charge in [-0.3, -0.25) is 4.79 Å². The zero-order valence-electron chi connectivity index (χ0n) is 11.0. The molecule has 6 nitrogen and oxygen atoms in total. The lowest BCUT2D eigenvalue weighted by Gasteiger charge is -2.18. The number of carbonyl (C=O) groups excluding carboxylic acids is 1. The Morgan fingerprint density at radius 1 is 1.40 bits per heavy atom. The van der Waals surface area contributed by atoms with Gasteiger partial charge in [0, 0.05) is 6.04 Å². The number of urea groups is 1. The van der Waals surface area contributed by atoms with Crippen LogP contribution in [0.1, 0.15) is 19.4 Å². The topological polar surface area (TPSA) is 102 Å². The maximum atomic E-state index is 11.7. The Hall–Kier alpha value is -2.26. The van der Waals surface area contributed by atoms with Crippen LogP contribution in [0.25, 0.3) is 0 Å². The molecule has 20 heavy (non-hydrogen) atoms. The highest BCUT2D eigenvalue weighted by atomic mass is 35.5. The van der Waals surface area contributed by atoms with Gasteiger partial charge in [-0.05, 0) is 32.0 Å². The van der Waals surface area contributed by atoms with E-state index in [0.717, 1.165) is 0 Å². The number of hydrogen-bond donors (Lipinski definition) is 3. The minimum absolute atomic E-state index is 0.290. The number of benzene rings is 1. The van der Waals surface area contributed by atoms with Crippen molar-refractivity contribution in [2.24, 2.45) is 5.92 Å². The van der Waals surface area contributed by atoms with Gasteiger partial charge in [0.25, 0.3) is 0 Å². The van der Waals surface area contributed by atoms with Gasteiger partial charge in [-0.2, -0.15) is 5.26 Å². The molecular weight excluding hydrogens is 282 g/mol. The summed E-state index contributed by atoms with van der Waals surface area (Å²) in [6, 6.07) is 5.27. The molecule has 0 aliphatic heterocycles. The molecule has 2 atom stereocenters. The molecule has 2 unspecified atom stereocenters. The summed E-state index contributed by atoms with van der Waals surface area (Å²) in [6.07, 6.45) is 0. The van der Waals surface area contributed by atoms with Crippen molar-refractivity contribution in [3.8, 4) is 6.07 Å². The number of aliphatic carboxylic acids is 1. The number of hydrogen-bond acceptors (Lipinski definition) is 3. The lowest BCUT2D eigenvalue weighted by Crippen LogP contribution is -2.42. The molecule has 0 saturated heterocycles. The fraction of sp³-hybridized carbons (Fsp3) is 0.308. The van der Waals surface area contributed by atoms with E-state index in [0.29, 0.717) is 11.3 Å². The van der Waals surface area contributed by atoms with E-state index in [9.17, 15) is 9.59 Å². The van der Waals surface area contributed by atoms with Gasteiger partial charge in [-0.15, -0.1) is 0 Å². The summed E-state index contributed by atoms with van der Waals surface area (Å²) >= 11 is 5.90. The maximum Gasteiger partial charge on any atom is 0.319 e. The minimum Gasteiger partial charge on any atom is -0.481 e. The molecule has 0 aromatic heterocycles. The molecular formula is C13H14ClN3O3. The van der Waals surface area contributed by atoms with E-state index in [4.69, 9.17) is 22.0 Å². The molecule has 0 aliphatic carbocycles. The van der Waals surface area contributed by atoms with E-state index < -0.39 is 24.0 Å². The van der Waals surface area contributed by atoms with E-state index in [-0.39, 0.29) is 5.02 Å². The normalized spacial score (nSPS) is 12.9. The van der Waals surface area contributed by atoms with E-state index in [1.807, 2.05) is 6.07 Å². The first-order chi connectivity index (χ1) is 9.35. The van der Waals surface area contributed by atoms with Crippen LogP contribution in [0.3, 0.4) is 0 Å². The van der Waals surface area contributed by atoms with Crippen molar-refractivity contribution >= 4 is 29.3 Å². The van der Waals surface area contributed by atoms with Gasteiger partial charge < -0.3 is 15.7 Å². The first-order valence-corrected chi connectivity index (χ1v) is 6.23. The van der Waals surface area contributed by atoms with Crippen molar-refractivity contribution in [2.75, 3.05) is 5.32 Å². The van der Waals surface area contributed by atoms with Crippen molar-refractivity contribution < 1.29 is 14.7 Å². The molecule has 1 aromatic carbocycles. The highest BCUT2D eigenvalue weighted by Gasteiger charge is 2.21. The predicted molar refractivity (Wildman–Crippen MR) is 74.6 cm³/mol. The summed E-state index contributed by atoms with van der Waals surface area (Å²) in [5.74, 6) is -1.72. The van der Waals surface area contributed by atoms with Crippen LogP contribution in [0.2, 0.25) is 5.02 Å². The third-order valence-corrected chi connectivity index (χ3v) is 3.17. The third-order valence-electron chi connectivity index (χ3n) is 2.84. The Morgan fingerprint density at radius 2 is 2.05 bits per heavy atom. The Labute approximate surface area is 121 Å². The van der Waals surface area contributed by atoms with Crippen molar-refractivity contribution in [2.45, 2.75) is 19.9 Å². The number of halogens is 1. The number of carboxylic acids is 1. The standard InChI is InChI=1S/C13H14ClN3O3/c1-7(12(18)19)8(2)16-13(20)17-11-5-9(6-15)3-4-10(11)14/h3-5,7-8H,1-2H3,(H,18,19)(H2,16,17,20). The van der Waals surface area contributed by atoms with Gasteiger partial charge in [0.15, 0.2) is 0 Å². The van der Waals surface area contributed by atoms with E-state index in [2.05, 4.69) is 10.6 Å². The summed E-state index contributed by atoms with van der Waals surface area (Å²) in [5.41, 5.74) is 0.648. The summed E-state index contributed by atoms with van der Waals surface area (Å²) in [4.78, 5) is 22.5. The highest BCUT2D eigenvalue weighted by molar-refractivity contribution is 6.33. The van der Waals surface area contributed by atoms with Crippen LogP contribution in [0.5, 0.6) is 0 Å². The second-order valence-electron chi connectivity index (χ2n) is 4.32. The second kappa shape index (κ2) is 6.78. The van der Waals surface area contributed by atoms with E-state index >= 15 is 0 Å². The second-order valence-corrected chi connectivity index (χ2v) is 4.73. The quantitative estimate of drug-likeness (QED) is 0.794. The molecule has 0 saturated carbocycles. The van der Waals surface area contributed by atoms with Crippen molar-refractivity contribution in [3.05, 3.63) is 28.8 Å². The first kappa shape index (κ1) is 15.8. The van der Waals surface area contributed by atoms with Gasteiger partial charge in [0.2, 0.25) is 0 Å². The van der Waals surface area contributed by atoms with Crippen LogP contribution >= 0.6 is 11.6 Å². The maximum absolute atomic E-state index is 11.7. The fourth-order valence-electron chi connectivity index (χ4n) is 1.39. The van der Waals surface area contributed by atoms with Crippen molar-refractivity contribution in [1.82, 2.24) is 5.32 Å². The fourth-order valence-corrected chi connectivity index (χ4v) is 1.56. The smallest absolute Gasteiger partial charge is 0.319 e. The lowest BCUT2D eigenvalue weighted by atomic mass is 10.0. The Balaban J connectivity index is 2.72. The first-order valence-electron chi connectivity index (χ1n) is 5.85. The van der Waals surface area contributed by atoms with Crippen LogP contribution in [0.4, 0.5) is 10.5 Å². The van der Waals surface area contributed by atoms with Crippen LogP contribution in [0.15, 0.2) is 18.2 Å². The number of carbonyl (C=O) groups is 2.